The molecule has 0 aliphatic carbocycles. The van der Waals surface area contributed by atoms with Gasteiger partial charge in [0.05, 0.1) is 6.61 Å². The second-order valence-corrected chi connectivity index (χ2v) is 6.54. The molecule has 0 aromatic heterocycles. The van der Waals surface area contributed by atoms with Gasteiger partial charge in [0.2, 0.25) is 0 Å². The Kier molecular flexibility index (Phi) is 7.52. The van der Waals surface area contributed by atoms with Crippen molar-refractivity contribution in [3.63, 3.8) is 0 Å². The van der Waals surface area contributed by atoms with Crippen LogP contribution in [0.5, 0.6) is 5.75 Å². The van der Waals surface area contributed by atoms with Crippen molar-refractivity contribution in [2.24, 2.45) is 0 Å². The topological polar surface area (TPSA) is 38.3 Å². The van der Waals surface area contributed by atoms with Crippen LogP contribution < -0.4 is 10.1 Å². The molecule has 25 heavy (non-hydrogen) atoms. The molecule has 0 spiro atoms. The summed E-state index contributed by atoms with van der Waals surface area (Å²) in [6.45, 7) is 7.05. The summed E-state index contributed by atoms with van der Waals surface area (Å²) in [5.74, 6) is 0.715. The Bertz CT molecular complexity index is 677. The van der Waals surface area contributed by atoms with E-state index in [0.717, 1.165) is 24.5 Å². The number of anilines is 1. The normalized spacial score (nSPS) is 10.5. The van der Waals surface area contributed by atoms with Gasteiger partial charge in [0, 0.05) is 11.3 Å². The summed E-state index contributed by atoms with van der Waals surface area (Å²) >= 11 is 0. The van der Waals surface area contributed by atoms with Crippen LogP contribution in [0.3, 0.4) is 0 Å². The predicted molar refractivity (Wildman–Crippen MR) is 105 cm³/mol. The van der Waals surface area contributed by atoms with Crippen LogP contribution >= 0.6 is 0 Å². The zero-order valence-corrected chi connectivity index (χ0v) is 15.6. The highest BCUT2D eigenvalue weighted by Crippen LogP contribution is 2.17. The fourth-order valence-electron chi connectivity index (χ4n) is 2.62. The molecule has 0 unspecified atom stereocenters. The average Bonchev–Trinajstić information content (AvgIpc) is 2.61. The van der Waals surface area contributed by atoms with Crippen LogP contribution in [0.1, 0.15) is 60.5 Å². The third-order valence-corrected chi connectivity index (χ3v) is 4.40. The molecule has 0 heterocycles. The minimum Gasteiger partial charge on any atom is -0.494 e. The lowest BCUT2D eigenvalue weighted by atomic mass is 10.1. The first kappa shape index (κ1) is 19.0. The van der Waals surface area contributed by atoms with Crippen molar-refractivity contribution >= 4 is 11.6 Å². The van der Waals surface area contributed by atoms with Crippen molar-refractivity contribution < 1.29 is 9.53 Å². The lowest BCUT2D eigenvalue weighted by molar-refractivity contribution is 0.102. The highest BCUT2D eigenvalue weighted by atomic mass is 16.5. The molecule has 1 amide bonds. The smallest absolute Gasteiger partial charge is 0.255 e. The second kappa shape index (κ2) is 9.87. The van der Waals surface area contributed by atoms with Crippen LogP contribution in [-0.2, 0) is 0 Å². The van der Waals surface area contributed by atoms with Crippen molar-refractivity contribution in [3.8, 4) is 5.75 Å². The third-order valence-electron chi connectivity index (χ3n) is 4.40. The molecule has 0 bridgehead atoms. The van der Waals surface area contributed by atoms with E-state index in [4.69, 9.17) is 4.74 Å². The first-order valence-electron chi connectivity index (χ1n) is 9.21. The van der Waals surface area contributed by atoms with Gasteiger partial charge in [-0.3, -0.25) is 4.79 Å². The fraction of sp³-hybridized carbons (Fsp3) is 0.409. The molecule has 1 N–H and O–H groups in total. The summed E-state index contributed by atoms with van der Waals surface area (Å²) < 4.78 is 5.74. The molecular formula is C22H29NO2. The van der Waals surface area contributed by atoms with E-state index in [1.54, 1.807) is 0 Å². The number of aryl methyl sites for hydroxylation is 2. The lowest BCUT2D eigenvalue weighted by Gasteiger charge is -2.09. The Morgan fingerprint density at radius 2 is 1.64 bits per heavy atom. The minimum absolute atomic E-state index is 0.102. The molecule has 3 heteroatoms. The molecule has 3 nitrogen and oxygen atoms in total. The molecule has 0 saturated carbocycles. The number of nitrogens with one attached hydrogen (secondary N) is 1. The zero-order valence-electron chi connectivity index (χ0n) is 15.6. The Hall–Kier alpha value is -2.29. The van der Waals surface area contributed by atoms with Crippen LogP contribution in [0.25, 0.3) is 0 Å². The third kappa shape index (κ3) is 6.26. The van der Waals surface area contributed by atoms with E-state index in [2.05, 4.69) is 19.2 Å². The molecule has 0 aliphatic heterocycles. The van der Waals surface area contributed by atoms with Crippen molar-refractivity contribution in [2.75, 3.05) is 11.9 Å². The molecule has 0 radical (unpaired) electrons. The van der Waals surface area contributed by atoms with Crippen molar-refractivity contribution in [2.45, 2.75) is 52.9 Å². The predicted octanol–water partition coefficient (Wildman–Crippen LogP) is 5.90. The van der Waals surface area contributed by atoms with Crippen molar-refractivity contribution in [1.82, 2.24) is 0 Å². The van der Waals surface area contributed by atoms with Crippen LogP contribution in [0.4, 0.5) is 5.69 Å². The van der Waals surface area contributed by atoms with E-state index in [1.165, 1.54) is 36.8 Å². The monoisotopic (exact) mass is 339 g/mol. The number of carbonyl (C=O) groups excluding carboxylic acids is 1. The van der Waals surface area contributed by atoms with Gasteiger partial charge in [-0.15, -0.1) is 0 Å². The number of carbonyl (C=O) groups is 1. The number of hydrogen-bond donors (Lipinski definition) is 1. The molecule has 2 rings (SSSR count). The van der Waals surface area contributed by atoms with E-state index < -0.39 is 0 Å². The van der Waals surface area contributed by atoms with Crippen molar-refractivity contribution in [3.05, 3.63) is 59.2 Å². The first-order valence-corrected chi connectivity index (χ1v) is 9.21. The van der Waals surface area contributed by atoms with Gasteiger partial charge in [0.25, 0.3) is 5.91 Å². The molecule has 2 aromatic rings. The van der Waals surface area contributed by atoms with Crippen LogP contribution in [-0.4, -0.2) is 12.5 Å². The molecule has 0 atom stereocenters. The number of rotatable bonds is 9. The Morgan fingerprint density at radius 1 is 0.920 bits per heavy atom. The molecular weight excluding hydrogens is 310 g/mol. The Morgan fingerprint density at radius 3 is 2.32 bits per heavy atom. The molecule has 0 aliphatic rings. The van der Waals surface area contributed by atoms with Crippen LogP contribution in [0.2, 0.25) is 0 Å². The summed E-state index contributed by atoms with van der Waals surface area (Å²) in [6, 6.07) is 13.3. The van der Waals surface area contributed by atoms with E-state index in [0.29, 0.717) is 5.56 Å². The summed E-state index contributed by atoms with van der Waals surface area (Å²) in [5, 5.41) is 2.94. The standard InChI is InChI=1S/C22H29NO2/c1-4-5-6-7-8-15-25-21-13-10-19(11-14-21)22(24)23-20-12-9-17(2)18(3)16-20/h9-14,16H,4-8,15H2,1-3H3,(H,23,24). The zero-order chi connectivity index (χ0) is 18.1. The molecule has 134 valence electrons. The summed E-state index contributed by atoms with van der Waals surface area (Å²) in [6.07, 6.45) is 6.12. The largest absolute Gasteiger partial charge is 0.494 e. The average molecular weight is 339 g/mol. The van der Waals surface area contributed by atoms with Gasteiger partial charge < -0.3 is 10.1 Å². The van der Waals surface area contributed by atoms with E-state index >= 15 is 0 Å². The maximum absolute atomic E-state index is 12.3. The number of ether oxygens (including phenoxy) is 1. The number of hydrogen-bond acceptors (Lipinski definition) is 2. The maximum atomic E-state index is 12.3. The lowest BCUT2D eigenvalue weighted by Crippen LogP contribution is -2.12. The van der Waals surface area contributed by atoms with Crippen LogP contribution in [0, 0.1) is 13.8 Å². The van der Waals surface area contributed by atoms with Gasteiger partial charge in [-0.25, -0.2) is 0 Å². The SMILES string of the molecule is CCCCCCCOc1ccc(C(=O)Nc2ccc(C)c(C)c2)cc1. The van der Waals surface area contributed by atoms with Crippen molar-refractivity contribution in [1.29, 1.82) is 0 Å². The Balaban J connectivity index is 1.82. The van der Waals surface area contributed by atoms with Gasteiger partial charge in [-0.2, -0.15) is 0 Å². The second-order valence-electron chi connectivity index (χ2n) is 6.54. The van der Waals surface area contributed by atoms with E-state index in [9.17, 15) is 4.79 Å². The number of unbranched alkanes of at least 4 members (excludes halogenated alkanes) is 4. The van der Waals surface area contributed by atoms with Gasteiger partial charge in [-0.05, 0) is 67.8 Å². The summed E-state index contributed by atoms with van der Waals surface area (Å²) in [4.78, 5) is 12.3. The number of amides is 1. The van der Waals surface area contributed by atoms with Gasteiger partial charge in [-0.1, -0.05) is 38.7 Å². The molecule has 0 saturated heterocycles. The quantitative estimate of drug-likeness (QED) is 0.577. The number of benzene rings is 2. The van der Waals surface area contributed by atoms with Gasteiger partial charge >= 0.3 is 0 Å². The molecule has 2 aromatic carbocycles. The first-order chi connectivity index (χ1) is 12.1. The van der Waals surface area contributed by atoms with Gasteiger partial charge in [0.15, 0.2) is 0 Å². The van der Waals surface area contributed by atoms with E-state index in [-0.39, 0.29) is 5.91 Å². The minimum atomic E-state index is -0.102. The van der Waals surface area contributed by atoms with Gasteiger partial charge in [0.1, 0.15) is 5.75 Å². The fourth-order valence-corrected chi connectivity index (χ4v) is 2.62. The van der Waals surface area contributed by atoms with Crippen LogP contribution in [0.15, 0.2) is 42.5 Å². The van der Waals surface area contributed by atoms with E-state index in [1.807, 2.05) is 49.4 Å². The highest BCUT2D eigenvalue weighted by molar-refractivity contribution is 6.04. The Labute approximate surface area is 151 Å². The summed E-state index contributed by atoms with van der Waals surface area (Å²) in [5.41, 5.74) is 3.84. The molecule has 0 fully saturated rings. The highest BCUT2D eigenvalue weighted by Gasteiger charge is 2.07. The summed E-state index contributed by atoms with van der Waals surface area (Å²) in [7, 11) is 0. The maximum Gasteiger partial charge on any atom is 0.255 e.